The van der Waals surface area contributed by atoms with Gasteiger partial charge in [0.1, 0.15) is 17.2 Å². The highest BCUT2D eigenvalue weighted by Gasteiger charge is 2.30. The van der Waals surface area contributed by atoms with Crippen molar-refractivity contribution in [1.29, 1.82) is 0 Å². The fourth-order valence-electron chi connectivity index (χ4n) is 3.69. The molecule has 4 aromatic rings. The average Bonchev–Trinajstić information content (AvgIpc) is 3.08. The van der Waals surface area contributed by atoms with Crippen LogP contribution in [0.15, 0.2) is 80.6 Å². The number of aryl methyl sites for hydroxylation is 1. The fourth-order valence-corrected chi connectivity index (χ4v) is 6.75. The molecule has 33 heavy (non-hydrogen) atoms. The van der Waals surface area contributed by atoms with Crippen molar-refractivity contribution in [2.75, 3.05) is 27.2 Å². The zero-order valence-electron chi connectivity index (χ0n) is 18.5. The van der Waals surface area contributed by atoms with E-state index in [1.807, 2.05) is 80.5 Å². The molecule has 1 heterocycles. The second kappa shape index (κ2) is 9.62. The molecule has 0 fully saturated rings. The highest BCUT2D eigenvalue weighted by atomic mass is 79.9. The molecule has 5 nitrogen and oxygen atoms in total. The van der Waals surface area contributed by atoms with Gasteiger partial charge in [0.25, 0.3) is 10.0 Å². The lowest BCUT2D eigenvalue weighted by Gasteiger charge is -2.16. The molecule has 0 amide bonds. The number of hydrogen-bond acceptors (Lipinski definition) is 4. The predicted molar refractivity (Wildman–Crippen MR) is 141 cm³/mol. The summed E-state index contributed by atoms with van der Waals surface area (Å²) in [6.07, 6.45) is 0. The zero-order chi connectivity index (χ0) is 23.8. The smallest absolute Gasteiger partial charge is 0.269 e. The maximum atomic E-state index is 14.1. The van der Waals surface area contributed by atoms with Gasteiger partial charge in [0, 0.05) is 26.4 Å². The number of fused-ring (bicyclic) bond motifs is 1. The Labute approximate surface area is 211 Å². The summed E-state index contributed by atoms with van der Waals surface area (Å²) >= 11 is 7.00. The third kappa shape index (κ3) is 4.75. The summed E-state index contributed by atoms with van der Waals surface area (Å²) in [5, 5.41) is 0.730. The van der Waals surface area contributed by atoms with Crippen molar-refractivity contribution in [1.82, 2.24) is 8.87 Å². The third-order valence-corrected chi connectivity index (χ3v) is 8.46. The van der Waals surface area contributed by atoms with Gasteiger partial charge in [-0.3, -0.25) is 0 Å². The highest BCUT2D eigenvalue weighted by Crippen LogP contribution is 2.44. The number of likely N-dealkylation sites (N-methyl/N-ethyl adjacent to an activating group) is 1. The van der Waals surface area contributed by atoms with E-state index in [4.69, 9.17) is 4.74 Å². The summed E-state index contributed by atoms with van der Waals surface area (Å²) in [6.45, 7) is 3.05. The summed E-state index contributed by atoms with van der Waals surface area (Å²) < 4.78 is 37.3. The molecule has 0 bridgehead atoms. The molecule has 172 valence electrons. The first-order chi connectivity index (χ1) is 15.7. The Balaban J connectivity index is 2.06. The van der Waals surface area contributed by atoms with E-state index in [0.717, 1.165) is 21.0 Å². The number of rotatable bonds is 7. The van der Waals surface area contributed by atoms with Gasteiger partial charge in [-0.25, -0.2) is 12.4 Å². The van der Waals surface area contributed by atoms with Crippen LogP contribution in [0.3, 0.4) is 0 Å². The molecule has 0 saturated carbocycles. The van der Waals surface area contributed by atoms with Gasteiger partial charge in [-0.2, -0.15) is 0 Å². The molecule has 0 saturated heterocycles. The van der Waals surface area contributed by atoms with Gasteiger partial charge < -0.3 is 9.64 Å². The van der Waals surface area contributed by atoms with Crippen molar-refractivity contribution in [3.63, 3.8) is 0 Å². The van der Waals surface area contributed by atoms with Crippen LogP contribution in [0.1, 0.15) is 5.56 Å². The molecule has 0 atom stereocenters. The molecule has 8 heteroatoms. The van der Waals surface area contributed by atoms with E-state index in [9.17, 15) is 8.42 Å². The lowest BCUT2D eigenvalue weighted by molar-refractivity contribution is 0.264. The van der Waals surface area contributed by atoms with Gasteiger partial charge in [0.15, 0.2) is 5.75 Å². The SMILES string of the molecule is Cc1ccc(S(=O)(=O)n2c(-c3ccccc3)c(OCCN(C)C)c3cc(Br)ccc32)c(Br)c1. The molecule has 3 aromatic carbocycles. The van der Waals surface area contributed by atoms with E-state index in [1.54, 1.807) is 12.1 Å². The first-order valence-corrected chi connectivity index (χ1v) is 13.4. The van der Waals surface area contributed by atoms with E-state index >= 15 is 0 Å². The Morgan fingerprint density at radius 2 is 1.70 bits per heavy atom. The van der Waals surface area contributed by atoms with Crippen LogP contribution in [0.25, 0.3) is 22.2 Å². The number of benzene rings is 3. The molecule has 0 aliphatic rings. The van der Waals surface area contributed by atoms with E-state index in [2.05, 4.69) is 31.9 Å². The van der Waals surface area contributed by atoms with Gasteiger partial charge in [-0.05, 0) is 72.8 Å². The van der Waals surface area contributed by atoms with Crippen LogP contribution >= 0.6 is 31.9 Å². The Bertz CT molecular complexity index is 1410. The lowest BCUT2D eigenvalue weighted by Crippen LogP contribution is -2.20. The highest BCUT2D eigenvalue weighted by molar-refractivity contribution is 9.10. The van der Waals surface area contributed by atoms with Crippen molar-refractivity contribution in [2.24, 2.45) is 0 Å². The number of hydrogen-bond donors (Lipinski definition) is 0. The van der Waals surface area contributed by atoms with Crippen molar-refractivity contribution < 1.29 is 13.2 Å². The molecule has 0 unspecified atom stereocenters. The molecular weight excluding hydrogens is 568 g/mol. The first kappa shape index (κ1) is 24.0. The summed E-state index contributed by atoms with van der Waals surface area (Å²) in [4.78, 5) is 2.22. The van der Waals surface area contributed by atoms with Crippen molar-refractivity contribution in [3.8, 4) is 17.0 Å². The summed E-state index contributed by atoms with van der Waals surface area (Å²) in [5.41, 5.74) is 2.80. The first-order valence-electron chi connectivity index (χ1n) is 10.4. The second-order valence-electron chi connectivity index (χ2n) is 8.06. The quantitative estimate of drug-likeness (QED) is 0.252. The Morgan fingerprint density at radius 3 is 2.36 bits per heavy atom. The zero-order valence-corrected chi connectivity index (χ0v) is 22.5. The predicted octanol–water partition coefficient (Wildman–Crippen LogP) is 6.32. The van der Waals surface area contributed by atoms with Crippen LogP contribution in [0, 0.1) is 6.92 Å². The number of aromatic nitrogens is 1. The van der Waals surface area contributed by atoms with Gasteiger partial charge in [0.05, 0.1) is 5.52 Å². The van der Waals surface area contributed by atoms with Crippen LogP contribution in [-0.4, -0.2) is 44.5 Å². The maximum absolute atomic E-state index is 14.1. The van der Waals surface area contributed by atoms with E-state index < -0.39 is 10.0 Å². The molecule has 0 radical (unpaired) electrons. The third-order valence-electron chi connectivity index (χ3n) is 5.28. The Hall–Kier alpha value is -2.13. The molecule has 0 aliphatic heterocycles. The maximum Gasteiger partial charge on any atom is 0.269 e. The standard InChI is InChI=1S/C25H24Br2N2O3S/c1-17-9-12-23(21(27)15-17)33(30,31)29-22-11-10-19(26)16-20(22)25(32-14-13-28(2)3)24(29)18-7-5-4-6-8-18/h4-12,15-16H,13-14H2,1-3H3. The van der Waals surface area contributed by atoms with Gasteiger partial charge in [0.2, 0.25) is 0 Å². The molecule has 0 N–H and O–H groups in total. The van der Waals surface area contributed by atoms with Crippen molar-refractivity contribution in [2.45, 2.75) is 11.8 Å². The van der Waals surface area contributed by atoms with Gasteiger partial charge in [-0.1, -0.05) is 52.3 Å². The Morgan fingerprint density at radius 1 is 0.970 bits per heavy atom. The molecule has 4 rings (SSSR count). The number of nitrogens with zero attached hydrogens (tertiary/aromatic N) is 2. The van der Waals surface area contributed by atoms with Crippen molar-refractivity contribution in [3.05, 3.63) is 81.2 Å². The van der Waals surface area contributed by atoms with Crippen molar-refractivity contribution >= 4 is 52.8 Å². The van der Waals surface area contributed by atoms with Crippen LogP contribution in [-0.2, 0) is 10.0 Å². The van der Waals surface area contributed by atoms with E-state index in [0.29, 0.717) is 34.6 Å². The molecular formula is C25H24Br2N2O3S. The fraction of sp³-hybridized carbons (Fsp3) is 0.200. The number of ether oxygens (including phenoxy) is 1. The van der Waals surface area contributed by atoms with Crippen LogP contribution < -0.4 is 4.74 Å². The van der Waals surface area contributed by atoms with E-state index in [-0.39, 0.29) is 4.90 Å². The summed E-state index contributed by atoms with van der Waals surface area (Å²) in [7, 11) is -0.0153. The normalized spacial score (nSPS) is 11.9. The summed E-state index contributed by atoms with van der Waals surface area (Å²) in [6, 6.07) is 20.3. The lowest BCUT2D eigenvalue weighted by atomic mass is 10.1. The monoisotopic (exact) mass is 590 g/mol. The van der Waals surface area contributed by atoms with Crippen LogP contribution in [0.2, 0.25) is 0 Å². The minimum Gasteiger partial charge on any atom is -0.489 e. The summed E-state index contributed by atoms with van der Waals surface area (Å²) in [5.74, 6) is 0.547. The van der Waals surface area contributed by atoms with E-state index in [1.165, 1.54) is 3.97 Å². The van der Waals surface area contributed by atoms with Crippen LogP contribution in [0.4, 0.5) is 0 Å². The Kier molecular flexibility index (Phi) is 7.00. The molecule has 0 spiro atoms. The van der Waals surface area contributed by atoms with Gasteiger partial charge >= 0.3 is 0 Å². The van der Waals surface area contributed by atoms with Crippen LogP contribution in [0.5, 0.6) is 5.75 Å². The largest absolute Gasteiger partial charge is 0.489 e. The molecule has 1 aromatic heterocycles. The minimum atomic E-state index is -3.96. The number of halogens is 2. The topological polar surface area (TPSA) is 51.5 Å². The minimum absolute atomic E-state index is 0.199. The second-order valence-corrected chi connectivity index (χ2v) is 11.6. The van der Waals surface area contributed by atoms with Gasteiger partial charge in [-0.15, -0.1) is 0 Å². The average molecular weight is 592 g/mol. The molecule has 0 aliphatic carbocycles.